The maximum atomic E-state index is 12.7. The second-order valence-corrected chi connectivity index (χ2v) is 7.43. The van der Waals surface area contributed by atoms with Gasteiger partial charge in [-0.3, -0.25) is 4.72 Å². The van der Waals surface area contributed by atoms with E-state index in [2.05, 4.69) is 9.82 Å². The molecule has 0 unspecified atom stereocenters. The predicted octanol–water partition coefficient (Wildman–Crippen LogP) is 3.60. The molecule has 2 aromatic carbocycles. The zero-order valence-electron chi connectivity index (χ0n) is 13.8. The molecule has 24 heavy (non-hydrogen) atoms. The van der Waals surface area contributed by atoms with E-state index in [0.29, 0.717) is 11.4 Å². The third kappa shape index (κ3) is 3.19. The SMILES string of the molecule is Cc1ccc(NS(=O)(=O)c2cn(-c3ccccc3)nc2C)c(C)c1. The van der Waals surface area contributed by atoms with Crippen LogP contribution in [-0.2, 0) is 10.0 Å². The first-order chi connectivity index (χ1) is 11.4. The van der Waals surface area contributed by atoms with Gasteiger partial charge in [0, 0.05) is 0 Å². The summed E-state index contributed by atoms with van der Waals surface area (Å²) in [6, 6.07) is 15.0. The van der Waals surface area contributed by atoms with Gasteiger partial charge in [-0.2, -0.15) is 5.10 Å². The number of sulfonamides is 1. The Balaban J connectivity index is 1.97. The highest BCUT2D eigenvalue weighted by Crippen LogP contribution is 2.23. The van der Waals surface area contributed by atoms with Gasteiger partial charge in [0.1, 0.15) is 4.90 Å². The van der Waals surface area contributed by atoms with E-state index >= 15 is 0 Å². The Morgan fingerprint density at radius 2 is 1.71 bits per heavy atom. The van der Waals surface area contributed by atoms with Crippen molar-refractivity contribution in [2.75, 3.05) is 4.72 Å². The quantitative estimate of drug-likeness (QED) is 0.788. The second kappa shape index (κ2) is 6.13. The van der Waals surface area contributed by atoms with Gasteiger partial charge in [-0.1, -0.05) is 35.9 Å². The summed E-state index contributed by atoms with van der Waals surface area (Å²) in [4.78, 5) is 0.173. The van der Waals surface area contributed by atoms with Crippen molar-refractivity contribution in [1.82, 2.24) is 9.78 Å². The standard InChI is InChI=1S/C18H19N3O2S/c1-13-9-10-17(14(2)11-13)20-24(22,23)18-12-21(19-15(18)3)16-7-5-4-6-8-16/h4-12,20H,1-3H3. The van der Waals surface area contributed by atoms with Crippen molar-refractivity contribution in [3.63, 3.8) is 0 Å². The monoisotopic (exact) mass is 341 g/mol. The highest BCUT2D eigenvalue weighted by Gasteiger charge is 2.21. The van der Waals surface area contributed by atoms with Crippen molar-refractivity contribution in [1.29, 1.82) is 0 Å². The molecule has 0 aliphatic heterocycles. The van der Waals surface area contributed by atoms with E-state index in [1.807, 2.05) is 56.3 Å². The Kier molecular flexibility index (Phi) is 4.15. The van der Waals surface area contributed by atoms with E-state index in [9.17, 15) is 8.42 Å². The van der Waals surface area contributed by atoms with Gasteiger partial charge in [-0.05, 0) is 44.5 Å². The van der Waals surface area contributed by atoms with Crippen LogP contribution in [0.5, 0.6) is 0 Å². The Hall–Kier alpha value is -2.60. The van der Waals surface area contributed by atoms with Gasteiger partial charge in [0.05, 0.1) is 23.3 Å². The molecule has 3 aromatic rings. The van der Waals surface area contributed by atoms with Crippen LogP contribution in [-0.4, -0.2) is 18.2 Å². The van der Waals surface area contributed by atoms with Crippen molar-refractivity contribution in [2.24, 2.45) is 0 Å². The topological polar surface area (TPSA) is 64.0 Å². The van der Waals surface area contributed by atoms with Crippen LogP contribution >= 0.6 is 0 Å². The molecular formula is C18H19N3O2S. The number of benzene rings is 2. The number of para-hydroxylation sites is 1. The molecule has 0 radical (unpaired) electrons. The number of rotatable bonds is 4. The average Bonchev–Trinajstić information content (AvgIpc) is 2.94. The number of aromatic nitrogens is 2. The van der Waals surface area contributed by atoms with Gasteiger partial charge in [0.25, 0.3) is 10.0 Å². The van der Waals surface area contributed by atoms with E-state index < -0.39 is 10.0 Å². The summed E-state index contributed by atoms with van der Waals surface area (Å²) in [5, 5.41) is 4.32. The van der Waals surface area contributed by atoms with E-state index in [0.717, 1.165) is 16.8 Å². The van der Waals surface area contributed by atoms with E-state index in [1.54, 1.807) is 17.7 Å². The molecule has 0 fully saturated rings. The summed E-state index contributed by atoms with van der Waals surface area (Å²) in [5.41, 5.74) is 3.81. The second-order valence-electron chi connectivity index (χ2n) is 5.78. The van der Waals surface area contributed by atoms with Crippen LogP contribution in [0.4, 0.5) is 5.69 Å². The number of nitrogens with zero attached hydrogens (tertiary/aromatic N) is 2. The summed E-state index contributed by atoms with van der Waals surface area (Å²) in [7, 11) is -3.70. The lowest BCUT2D eigenvalue weighted by Gasteiger charge is -2.10. The summed E-state index contributed by atoms with van der Waals surface area (Å²) in [6.45, 7) is 5.54. The number of hydrogen-bond acceptors (Lipinski definition) is 3. The highest BCUT2D eigenvalue weighted by molar-refractivity contribution is 7.92. The molecule has 0 spiro atoms. The highest BCUT2D eigenvalue weighted by atomic mass is 32.2. The summed E-state index contributed by atoms with van der Waals surface area (Å²) < 4.78 is 29.7. The Labute approximate surface area is 142 Å². The van der Waals surface area contributed by atoms with Crippen LogP contribution in [0, 0.1) is 20.8 Å². The fourth-order valence-electron chi connectivity index (χ4n) is 2.55. The van der Waals surface area contributed by atoms with Gasteiger partial charge in [0.2, 0.25) is 0 Å². The zero-order chi connectivity index (χ0) is 17.3. The van der Waals surface area contributed by atoms with E-state index in [4.69, 9.17) is 0 Å². The Bertz CT molecular complexity index is 977. The van der Waals surface area contributed by atoms with Crippen molar-refractivity contribution >= 4 is 15.7 Å². The van der Waals surface area contributed by atoms with Crippen LogP contribution in [0.2, 0.25) is 0 Å². The number of aryl methyl sites for hydroxylation is 3. The Morgan fingerprint density at radius 3 is 2.38 bits per heavy atom. The number of anilines is 1. The minimum absolute atomic E-state index is 0.173. The van der Waals surface area contributed by atoms with E-state index in [-0.39, 0.29) is 4.90 Å². The fourth-order valence-corrected chi connectivity index (χ4v) is 3.85. The predicted molar refractivity (Wildman–Crippen MR) is 95.0 cm³/mol. The lowest BCUT2D eigenvalue weighted by atomic mass is 10.1. The largest absolute Gasteiger partial charge is 0.279 e. The number of nitrogens with one attached hydrogen (secondary N) is 1. The molecule has 1 heterocycles. The van der Waals surface area contributed by atoms with Crippen LogP contribution in [0.1, 0.15) is 16.8 Å². The van der Waals surface area contributed by atoms with Crippen molar-refractivity contribution < 1.29 is 8.42 Å². The first-order valence-electron chi connectivity index (χ1n) is 7.58. The lowest BCUT2D eigenvalue weighted by Crippen LogP contribution is -2.14. The lowest BCUT2D eigenvalue weighted by molar-refractivity contribution is 0.600. The summed E-state index contributed by atoms with van der Waals surface area (Å²) >= 11 is 0. The molecular weight excluding hydrogens is 322 g/mol. The van der Waals surface area contributed by atoms with Gasteiger partial charge < -0.3 is 0 Å². The van der Waals surface area contributed by atoms with E-state index in [1.165, 1.54) is 6.20 Å². The van der Waals surface area contributed by atoms with Crippen molar-refractivity contribution in [2.45, 2.75) is 25.7 Å². The van der Waals surface area contributed by atoms with Crippen LogP contribution in [0.3, 0.4) is 0 Å². The fraction of sp³-hybridized carbons (Fsp3) is 0.167. The summed E-state index contributed by atoms with van der Waals surface area (Å²) in [6.07, 6.45) is 1.54. The third-order valence-electron chi connectivity index (χ3n) is 3.79. The van der Waals surface area contributed by atoms with Crippen LogP contribution in [0.25, 0.3) is 5.69 Å². The zero-order valence-corrected chi connectivity index (χ0v) is 14.6. The first kappa shape index (κ1) is 16.3. The molecule has 1 N–H and O–H groups in total. The smallest absolute Gasteiger partial charge is 0.265 e. The molecule has 0 amide bonds. The average molecular weight is 341 g/mol. The molecule has 3 rings (SSSR count). The molecule has 0 aliphatic carbocycles. The van der Waals surface area contributed by atoms with Gasteiger partial charge in [-0.25, -0.2) is 13.1 Å². The molecule has 0 bridgehead atoms. The molecule has 6 heteroatoms. The maximum Gasteiger partial charge on any atom is 0.265 e. The molecule has 124 valence electrons. The van der Waals surface area contributed by atoms with Gasteiger partial charge in [-0.15, -0.1) is 0 Å². The van der Waals surface area contributed by atoms with Gasteiger partial charge >= 0.3 is 0 Å². The molecule has 0 saturated heterocycles. The van der Waals surface area contributed by atoms with Crippen molar-refractivity contribution in [3.05, 3.63) is 71.5 Å². The third-order valence-corrected chi connectivity index (χ3v) is 5.26. The number of hydrogen-bond donors (Lipinski definition) is 1. The van der Waals surface area contributed by atoms with Gasteiger partial charge in [0.15, 0.2) is 0 Å². The Morgan fingerprint density at radius 1 is 1.00 bits per heavy atom. The maximum absolute atomic E-state index is 12.7. The summed E-state index contributed by atoms with van der Waals surface area (Å²) in [5.74, 6) is 0. The molecule has 0 aliphatic rings. The molecule has 0 atom stereocenters. The minimum Gasteiger partial charge on any atom is -0.279 e. The molecule has 1 aromatic heterocycles. The molecule has 0 saturated carbocycles. The molecule has 5 nitrogen and oxygen atoms in total. The van der Waals surface area contributed by atoms with Crippen molar-refractivity contribution in [3.8, 4) is 5.69 Å². The van der Waals surface area contributed by atoms with Crippen LogP contribution < -0.4 is 4.72 Å². The minimum atomic E-state index is -3.70. The first-order valence-corrected chi connectivity index (χ1v) is 9.07. The normalized spacial score (nSPS) is 11.5. The van der Waals surface area contributed by atoms with Crippen LogP contribution in [0.15, 0.2) is 59.6 Å².